The van der Waals surface area contributed by atoms with E-state index in [0.29, 0.717) is 0 Å². The molecule has 0 aliphatic rings. The van der Waals surface area contributed by atoms with Gasteiger partial charge in [0, 0.05) is 9.76 Å². The molecule has 4 heteroatoms. The minimum atomic E-state index is -1.00. The molecule has 0 fully saturated rings. The molecule has 2 nitrogen and oxygen atoms in total. The fourth-order valence-electron chi connectivity index (χ4n) is 0. The third kappa shape index (κ3) is 34.5. The van der Waals surface area contributed by atoms with E-state index in [1.807, 2.05) is 0 Å². The van der Waals surface area contributed by atoms with Gasteiger partial charge in [-0.2, -0.15) is 0 Å². The lowest BCUT2D eigenvalue weighted by atomic mass is 13.9. The van der Waals surface area contributed by atoms with Crippen molar-refractivity contribution in [3.05, 3.63) is 0 Å². The first-order valence-corrected chi connectivity index (χ1v) is 7.20. The molecule has 0 rings (SSSR count). The summed E-state index contributed by atoms with van der Waals surface area (Å²) in [6.45, 7) is 0. The summed E-state index contributed by atoms with van der Waals surface area (Å²) in [6, 6.07) is 0. The van der Waals surface area contributed by atoms with Gasteiger partial charge in [0.05, 0.1) is 0 Å². The van der Waals surface area contributed by atoms with Crippen LogP contribution in [0.2, 0.25) is 0 Å². The van der Waals surface area contributed by atoms with Crippen LogP contribution < -0.4 is 10.8 Å². The molecular weight excluding hydrogens is 84.2 g/mol. The maximum absolute atomic E-state index is 5.09. The Bertz CT molecular complexity index is 8.75. The maximum Gasteiger partial charge on any atom is 0.154 e. The van der Waals surface area contributed by atoms with Crippen LogP contribution in [-0.2, 0) is 0 Å². The Morgan fingerprint density at radius 1 is 1.50 bits per heavy atom. The van der Waals surface area contributed by atoms with Gasteiger partial charge in [0.2, 0.25) is 0 Å². The normalized spacial score (nSPS) is 9.75. The van der Waals surface area contributed by atoms with Gasteiger partial charge >= 0.3 is 0 Å². The van der Waals surface area contributed by atoms with E-state index in [9.17, 15) is 0 Å². The topological polar surface area (TPSA) is 52.0 Å². The Morgan fingerprint density at radius 3 is 1.50 bits per heavy atom. The van der Waals surface area contributed by atoms with Crippen molar-refractivity contribution in [2.75, 3.05) is 0 Å². The van der Waals surface area contributed by atoms with Gasteiger partial charge in [0.25, 0.3) is 0 Å². The quantitative estimate of drug-likeness (QED) is 0.313. The molecule has 0 aromatic heterocycles. The monoisotopic (exact) mass is 92.0 g/mol. The molecule has 26 valence electrons. The first-order chi connectivity index (χ1) is 1.73. The molecule has 0 unspecified atom stereocenters. The Morgan fingerprint density at radius 2 is 1.50 bits per heavy atom. The van der Waals surface area contributed by atoms with Crippen LogP contribution in [0.5, 0.6) is 0 Å². The molecule has 4 heavy (non-hydrogen) atoms. The molecule has 0 aliphatic heterocycles. The lowest BCUT2D eigenvalue weighted by molar-refractivity contribution is 1.73. The van der Waals surface area contributed by atoms with Gasteiger partial charge in [-0.1, -0.05) is 0 Å². The van der Waals surface area contributed by atoms with E-state index in [2.05, 4.69) is 0 Å². The minimum Gasteiger partial charge on any atom is -0.344 e. The van der Waals surface area contributed by atoms with E-state index < -0.39 is 8.64 Å². The van der Waals surface area contributed by atoms with E-state index in [0.717, 1.165) is 9.76 Å². The van der Waals surface area contributed by atoms with Crippen molar-refractivity contribution in [2.24, 2.45) is 10.8 Å². The lowest BCUT2D eigenvalue weighted by Crippen LogP contribution is -2.37. The number of rotatable bonds is 0. The maximum atomic E-state index is 5.09. The summed E-state index contributed by atoms with van der Waals surface area (Å²) in [6.07, 6.45) is 0. The van der Waals surface area contributed by atoms with Crippen molar-refractivity contribution in [3.63, 3.8) is 0 Å². The summed E-state index contributed by atoms with van der Waals surface area (Å²) in [5, 5.41) is 10.2. The fraction of sp³-hybridized carbons (Fsp3) is 0. The molecule has 0 spiro atoms. The Hall–Kier alpha value is 0.354. The van der Waals surface area contributed by atoms with Gasteiger partial charge in [0.15, 0.2) is 8.64 Å². The summed E-state index contributed by atoms with van der Waals surface area (Å²) >= 11 is 0. The van der Waals surface area contributed by atoms with Crippen LogP contribution in [0.25, 0.3) is 0 Å². The molecule has 0 amide bonds. The minimum absolute atomic E-state index is 1.00. The highest BCUT2D eigenvalue weighted by molar-refractivity contribution is 6.99. The predicted molar refractivity (Wildman–Crippen MR) is 25.5 cm³/mol. The zero-order valence-corrected chi connectivity index (χ0v) is 5.89. The van der Waals surface area contributed by atoms with Gasteiger partial charge in [-0.25, -0.2) is 0 Å². The van der Waals surface area contributed by atoms with E-state index in [4.69, 9.17) is 10.8 Å². The van der Waals surface area contributed by atoms with E-state index >= 15 is 0 Å². The van der Waals surface area contributed by atoms with Crippen LogP contribution in [0.4, 0.5) is 0 Å². The molecule has 0 saturated heterocycles. The highest BCUT2D eigenvalue weighted by Crippen LogP contribution is 1.18. The Kier molecular flexibility index (Phi) is 1.80. The van der Waals surface area contributed by atoms with Crippen molar-refractivity contribution in [1.29, 1.82) is 0 Å². The van der Waals surface area contributed by atoms with Crippen molar-refractivity contribution in [3.8, 4) is 0 Å². The summed E-state index contributed by atoms with van der Waals surface area (Å²) in [7, 11) is 0.0432. The third-order valence-corrected chi connectivity index (χ3v) is 0. The smallest absolute Gasteiger partial charge is 0.154 e. The molecule has 0 saturated carbocycles. The highest BCUT2D eigenvalue weighted by Gasteiger charge is 1.72. The van der Waals surface area contributed by atoms with Gasteiger partial charge in [0.1, 0.15) is 0 Å². The Balaban J connectivity index is 2.32. The molecule has 0 bridgehead atoms. The van der Waals surface area contributed by atoms with E-state index in [1.165, 1.54) is 0 Å². The van der Waals surface area contributed by atoms with Crippen LogP contribution >= 0.6 is 0 Å². The van der Waals surface area contributed by atoms with Gasteiger partial charge in [-0.3, -0.25) is 0 Å². The average Bonchev–Trinajstić information content (AvgIpc) is 0.811. The van der Waals surface area contributed by atoms with Gasteiger partial charge in [-0.15, -0.1) is 0 Å². The highest BCUT2D eigenvalue weighted by atomic mass is 29.2. The molecule has 0 radical (unpaired) electrons. The summed E-state index contributed by atoms with van der Waals surface area (Å²) in [5.41, 5.74) is 0. The summed E-state index contributed by atoms with van der Waals surface area (Å²) in [5.74, 6) is 0. The van der Waals surface area contributed by atoms with Crippen LogP contribution in [-0.4, -0.2) is 18.4 Å². The second-order valence-electron chi connectivity index (χ2n) is 0.859. The van der Waals surface area contributed by atoms with Crippen molar-refractivity contribution >= 4 is 18.4 Å². The molecule has 0 aromatic carbocycles. The molecule has 4 N–H and O–H groups in total. The summed E-state index contributed by atoms with van der Waals surface area (Å²) < 4.78 is 0. The standard InChI is InChI=1S/H8N2Si2/c1-4(2)3/h4H,1-2H2,3H3. The summed E-state index contributed by atoms with van der Waals surface area (Å²) in [4.78, 5) is 0. The first kappa shape index (κ1) is 4.35. The molecule has 0 aliphatic carbocycles. The fourth-order valence-corrected chi connectivity index (χ4v) is 0. The predicted octanol–water partition coefficient (Wildman–Crippen LogP) is -3.01. The van der Waals surface area contributed by atoms with Crippen LogP contribution in [0.3, 0.4) is 0 Å². The van der Waals surface area contributed by atoms with Crippen molar-refractivity contribution < 1.29 is 0 Å². The van der Waals surface area contributed by atoms with Crippen molar-refractivity contribution in [2.45, 2.75) is 0 Å². The number of hydrogen-bond donors (Lipinski definition) is 2. The Labute approximate surface area is 30.2 Å². The van der Waals surface area contributed by atoms with Gasteiger partial charge < -0.3 is 10.8 Å². The number of hydrogen-bond acceptors (Lipinski definition) is 2. The third-order valence-electron chi connectivity index (χ3n) is 0. The number of nitrogens with two attached hydrogens (primary N) is 2. The second kappa shape index (κ2) is 1.65. The zero-order valence-electron chi connectivity index (χ0n) is 2.73. The average molecular weight is 92.2 g/mol. The largest absolute Gasteiger partial charge is 0.344 e. The molecule has 0 aromatic rings. The second-order valence-corrected chi connectivity index (χ2v) is 6.58. The zero-order chi connectivity index (χ0) is 3.58. The van der Waals surface area contributed by atoms with Crippen molar-refractivity contribution in [1.82, 2.24) is 0 Å². The van der Waals surface area contributed by atoms with Crippen LogP contribution in [0.15, 0.2) is 0 Å². The first-order valence-electron chi connectivity index (χ1n) is 1.24. The van der Waals surface area contributed by atoms with E-state index in [-0.39, 0.29) is 0 Å². The SMILES string of the molecule is N[SiH](N)[SiH3]. The van der Waals surface area contributed by atoms with Crippen LogP contribution in [0, 0.1) is 0 Å². The molecular formula is H8N2Si2. The van der Waals surface area contributed by atoms with Gasteiger partial charge in [-0.05, 0) is 0 Å². The molecule has 0 atom stereocenters. The van der Waals surface area contributed by atoms with Crippen LogP contribution in [0.1, 0.15) is 0 Å². The molecule has 0 heterocycles. The lowest BCUT2D eigenvalue weighted by Gasteiger charge is -1.78. The van der Waals surface area contributed by atoms with E-state index in [1.54, 1.807) is 0 Å².